The molecule has 0 aliphatic carbocycles. The molecule has 1 saturated heterocycles. The fourth-order valence-electron chi connectivity index (χ4n) is 2.84. The highest BCUT2D eigenvalue weighted by Crippen LogP contribution is 2.35. The van der Waals surface area contributed by atoms with Crippen LogP contribution >= 0.6 is 11.8 Å². The van der Waals surface area contributed by atoms with E-state index in [1.807, 2.05) is 6.92 Å². The Bertz CT molecular complexity index is 1050. The summed E-state index contributed by atoms with van der Waals surface area (Å²) in [4.78, 5) is 36.8. The van der Waals surface area contributed by atoms with E-state index in [1.54, 1.807) is 30.4 Å². The second kappa shape index (κ2) is 9.94. The van der Waals surface area contributed by atoms with Gasteiger partial charge in [-0.15, -0.1) is 0 Å². The highest BCUT2D eigenvalue weighted by molar-refractivity contribution is 8.18. The van der Waals surface area contributed by atoms with E-state index in [0.29, 0.717) is 35.8 Å². The van der Waals surface area contributed by atoms with Gasteiger partial charge in [0.15, 0.2) is 11.5 Å². The molecule has 3 rings (SSSR count). The number of ether oxygens (including phenoxy) is 2. The lowest BCUT2D eigenvalue weighted by atomic mass is 10.1. The Kier molecular flexibility index (Phi) is 7.09. The molecule has 0 atom stereocenters. The molecule has 9 heteroatoms. The third-order valence-corrected chi connectivity index (χ3v) is 5.19. The number of amides is 2. The van der Waals surface area contributed by atoms with Crippen LogP contribution in [0.25, 0.3) is 6.08 Å². The Morgan fingerprint density at radius 1 is 1.13 bits per heavy atom. The predicted octanol–water partition coefficient (Wildman–Crippen LogP) is 4.79. The van der Waals surface area contributed by atoms with E-state index in [2.05, 4.69) is 6.58 Å². The summed E-state index contributed by atoms with van der Waals surface area (Å²) < 4.78 is 11.2. The van der Waals surface area contributed by atoms with E-state index in [0.717, 1.165) is 16.7 Å². The van der Waals surface area contributed by atoms with E-state index in [-0.39, 0.29) is 17.1 Å². The Balaban J connectivity index is 1.78. The van der Waals surface area contributed by atoms with Crippen LogP contribution in [0.15, 0.2) is 60.0 Å². The van der Waals surface area contributed by atoms with Crippen LogP contribution in [0.4, 0.5) is 10.5 Å². The van der Waals surface area contributed by atoms with Gasteiger partial charge in [0, 0.05) is 12.1 Å². The Hall–Kier alpha value is -3.59. The Labute approximate surface area is 183 Å². The number of nitrogens with zero attached hydrogens (tertiary/aromatic N) is 2. The number of hydrogen-bond acceptors (Lipinski definition) is 7. The zero-order valence-corrected chi connectivity index (χ0v) is 17.6. The van der Waals surface area contributed by atoms with Gasteiger partial charge in [0.1, 0.15) is 6.61 Å². The average Bonchev–Trinajstić information content (AvgIpc) is 3.01. The maximum absolute atomic E-state index is 12.8. The summed E-state index contributed by atoms with van der Waals surface area (Å²) in [6.45, 7) is 6.29. The molecule has 8 nitrogen and oxygen atoms in total. The molecular weight excluding hydrogens is 420 g/mol. The number of benzene rings is 2. The fraction of sp³-hybridized carbons (Fsp3) is 0.182. The monoisotopic (exact) mass is 440 g/mol. The zero-order valence-electron chi connectivity index (χ0n) is 16.8. The van der Waals surface area contributed by atoms with Gasteiger partial charge < -0.3 is 9.47 Å². The van der Waals surface area contributed by atoms with E-state index in [4.69, 9.17) is 9.47 Å². The van der Waals surface area contributed by atoms with Crippen LogP contribution in [0.3, 0.4) is 0 Å². The number of nitro benzene ring substituents is 1. The van der Waals surface area contributed by atoms with Crippen LogP contribution < -0.4 is 9.47 Å². The van der Waals surface area contributed by atoms with Crippen molar-refractivity contribution in [3.8, 4) is 11.5 Å². The van der Waals surface area contributed by atoms with E-state index in [1.165, 1.54) is 24.3 Å². The van der Waals surface area contributed by atoms with Crippen LogP contribution in [-0.4, -0.2) is 34.2 Å². The Morgan fingerprint density at radius 3 is 2.52 bits per heavy atom. The highest BCUT2D eigenvalue weighted by Gasteiger charge is 2.35. The standard InChI is InChI=1S/C22H20N2O6S/c1-3-11-30-18-10-7-16(12-19(18)29-4-2)13-20-21(25)23(22(26)31-20)14-15-5-8-17(9-6-15)24(27)28/h3,5-10,12-13H,1,4,11,14H2,2H3/b20-13-. The summed E-state index contributed by atoms with van der Waals surface area (Å²) in [5.74, 6) is 0.673. The molecule has 0 saturated carbocycles. The van der Waals surface area contributed by atoms with Crippen molar-refractivity contribution in [3.05, 3.63) is 81.3 Å². The van der Waals surface area contributed by atoms with Crippen molar-refractivity contribution in [1.29, 1.82) is 0 Å². The van der Waals surface area contributed by atoms with Crippen molar-refractivity contribution in [2.45, 2.75) is 13.5 Å². The number of nitro groups is 1. The van der Waals surface area contributed by atoms with Gasteiger partial charge in [0.25, 0.3) is 16.8 Å². The maximum Gasteiger partial charge on any atom is 0.293 e. The zero-order chi connectivity index (χ0) is 22.4. The van der Waals surface area contributed by atoms with Crippen molar-refractivity contribution < 1.29 is 24.0 Å². The molecule has 0 unspecified atom stereocenters. The van der Waals surface area contributed by atoms with Gasteiger partial charge in [0.2, 0.25) is 0 Å². The van der Waals surface area contributed by atoms with Crippen molar-refractivity contribution in [3.63, 3.8) is 0 Å². The number of thioether (sulfide) groups is 1. The van der Waals surface area contributed by atoms with Crippen LogP contribution in [-0.2, 0) is 11.3 Å². The fourth-order valence-corrected chi connectivity index (χ4v) is 3.68. The first-order chi connectivity index (χ1) is 14.9. The number of carbonyl (C=O) groups is 2. The van der Waals surface area contributed by atoms with Crippen LogP contribution in [0.1, 0.15) is 18.1 Å². The molecule has 2 amide bonds. The van der Waals surface area contributed by atoms with Crippen LogP contribution in [0.5, 0.6) is 11.5 Å². The molecular formula is C22H20N2O6S. The molecule has 0 aromatic heterocycles. The molecule has 1 fully saturated rings. The number of hydrogen-bond donors (Lipinski definition) is 0. The number of imide groups is 1. The van der Waals surface area contributed by atoms with Crippen molar-refractivity contribution in [1.82, 2.24) is 4.90 Å². The minimum absolute atomic E-state index is 0.0402. The molecule has 1 aliphatic rings. The summed E-state index contributed by atoms with van der Waals surface area (Å²) >= 11 is 0.846. The number of rotatable bonds is 9. The minimum Gasteiger partial charge on any atom is -0.490 e. The Morgan fingerprint density at radius 2 is 1.87 bits per heavy atom. The summed E-state index contributed by atoms with van der Waals surface area (Å²) in [6, 6.07) is 11.0. The smallest absolute Gasteiger partial charge is 0.293 e. The van der Waals surface area contributed by atoms with Gasteiger partial charge in [-0.2, -0.15) is 0 Å². The molecule has 2 aromatic carbocycles. The molecule has 31 heavy (non-hydrogen) atoms. The van der Waals surface area contributed by atoms with Gasteiger partial charge in [-0.25, -0.2) is 0 Å². The average molecular weight is 440 g/mol. The largest absolute Gasteiger partial charge is 0.490 e. The quantitative estimate of drug-likeness (QED) is 0.239. The first kappa shape index (κ1) is 22.1. The molecule has 0 spiro atoms. The van der Waals surface area contributed by atoms with Gasteiger partial charge in [-0.05, 0) is 48.0 Å². The highest BCUT2D eigenvalue weighted by atomic mass is 32.2. The first-order valence-electron chi connectivity index (χ1n) is 9.42. The van der Waals surface area contributed by atoms with Gasteiger partial charge in [-0.1, -0.05) is 30.9 Å². The molecule has 1 heterocycles. The molecule has 0 bridgehead atoms. The van der Waals surface area contributed by atoms with Crippen LogP contribution in [0, 0.1) is 10.1 Å². The topological polar surface area (TPSA) is 99.0 Å². The summed E-state index contributed by atoms with van der Waals surface area (Å²) in [5, 5.41) is 10.4. The SMILES string of the molecule is C=CCOc1ccc(/C=C2\SC(=O)N(Cc3ccc([N+](=O)[O-])cc3)C2=O)cc1OCC. The third-order valence-electron chi connectivity index (χ3n) is 4.28. The second-order valence-electron chi connectivity index (χ2n) is 6.43. The predicted molar refractivity (Wildman–Crippen MR) is 118 cm³/mol. The normalized spacial score (nSPS) is 14.7. The summed E-state index contributed by atoms with van der Waals surface area (Å²) in [7, 11) is 0. The van der Waals surface area contributed by atoms with Crippen molar-refractivity contribution in [2.24, 2.45) is 0 Å². The van der Waals surface area contributed by atoms with Crippen molar-refractivity contribution in [2.75, 3.05) is 13.2 Å². The first-order valence-corrected chi connectivity index (χ1v) is 10.2. The van der Waals surface area contributed by atoms with Gasteiger partial charge in [0.05, 0.1) is 23.0 Å². The molecule has 0 radical (unpaired) electrons. The summed E-state index contributed by atoms with van der Waals surface area (Å²) in [6.07, 6.45) is 3.26. The minimum atomic E-state index is -0.503. The van der Waals surface area contributed by atoms with Gasteiger partial charge in [-0.3, -0.25) is 24.6 Å². The molecule has 2 aromatic rings. The molecule has 0 N–H and O–H groups in total. The number of non-ortho nitro benzene ring substituents is 1. The third kappa shape index (κ3) is 5.32. The van der Waals surface area contributed by atoms with Gasteiger partial charge >= 0.3 is 0 Å². The van der Waals surface area contributed by atoms with E-state index < -0.39 is 16.1 Å². The van der Waals surface area contributed by atoms with E-state index in [9.17, 15) is 19.7 Å². The lowest BCUT2D eigenvalue weighted by Gasteiger charge is -2.12. The lowest BCUT2D eigenvalue weighted by molar-refractivity contribution is -0.384. The van der Waals surface area contributed by atoms with Crippen molar-refractivity contribution >= 4 is 34.7 Å². The summed E-state index contributed by atoms with van der Waals surface area (Å²) in [5.41, 5.74) is 1.26. The number of carbonyl (C=O) groups excluding carboxylic acids is 2. The molecule has 160 valence electrons. The maximum atomic E-state index is 12.8. The molecule has 1 aliphatic heterocycles. The lowest BCUT2D eigenvalue weighted by Crippen LogP contribution is -2.27. The second-order valence-corrected chi connectivity index (χ2v) is 7.42. The van der Waals surface area contributed by atoms with Crippen LogP contribution in [0.2, 0.25) is 0 Å². The van der Waals surface area contributed by atoms with E-state index >= 15 is 0 Å².